The van der Waals surface area contributed by atoms with Crippen molar-refractivity contribution >= 4 is 57.2 Å². The van der Waals surface area contributed by atoms with Gasteiger partial charge in [-0.05, 0) is 124 Å². The Labute approximate surface area is 342 Å². The van der Waals surface area contributed by atoms with Gasteiger partial charge in [0.1, 0.15) is 17.2 Å². The number of hydrogen-bond acceptors (Lipinski definition) is 6. The molecule has 15 heteroatoms. The first-order chi connectivity index (χ1) is 28.1. The second-order valence-electron chi connectivity index (χ2n) is 15.1. The Kier molecular flexibility index (Phi) is 11.4. The molecule has 2 heterocycles. The van der Waals surface area contributed by atoms with Crippen LogP contribution in [0, 0.1) is 23.0 Å². The number of aromatic nitrogens is 1. The molecular weight excluding hydrogens is 788 g/mol. The third kappa shape index (κ3) is 8.07. The molecule has 0 spiro atoms. The van der Waals surface area contributed by atoms with Gasteiger partial charge in [0.15, 0.2) is 10.9 Å². The molecule has 9 nitrogen and oxygen atoms in total. The summed E-state index contributed by atoms with van der Waals surface area (Å²) in [4.78, 5) is 44.6. The number of nitriles is 1. The summed E-state index contributed by atoms with van der Waals surface area (Å²) >= 11 is 5.52. The fourth-order valence-corrected chi connectivity index (χ4v) is 8.32. The lowest BCUT2D eigenvalue weighted by molar-refractivity contribution is -0.137. The Bertz CT molecular complexity index is 2540. The number of Topliss-reactive ketones (excluding diaryl/α,β-unsaturated/α-hetero) is 1. The van der Waals surface area contributed by atoms with Gasteiger partial charge < -0.3 is 20.5 Å². The van der Waals surface area contributed by atoms with E-state index in [0.717, 1.165) is 70.6 Å². The van der Waals surface area contributed by atoms with Crippen LogP contribution in [-0.2, 0) is 23.9 Å². The molecule has 1 aliphatic carbocycles. The highest BCUT2D eigenvalue weighted by Crippen LogP contribution is 2.41. The van der Waals surface area contributed by atoms with Crippen molar-refractivity contribution in [2.24, 2.45) is 0 Å². The molecule has 1 saturated heterocycles. The summed E-state index contributed by atoms with van der Waals surface area (Å²) in [5, 5.41) is 15.9. The van der Waals surface area contributed by atoms with E-state index < -0.39 is 46.3 Å². The highest BCUT2D eigenvalue weighted by Gasteiger charge is 2.51. The fraction of sp³-hybridized carbons (Fsp3) is 0.295. The number of nitrogens with one attached hydrogen (secondary N) is 3. The Morgan fingerprint density at radius 2 is 1.66 bits per heavy atom. The van der Waals surface area contributed by atoms with Crippen molar-refractivity contribution < 1.29 is 36.3 Å². The van der Waals surface area contributed by atoms with Crippen molar-refractivity contribution in [1.29, 1.82) is 5.26 Å². The van der Waals surface area contributed by atoms with E-state index in [1.54, 1.807) is 0 Å². The van der Waals surface area contributed by atoms with Crippen LogP contribution in [0.25, 0.3) is 22.2 Å². The SMILES string of the molecule is CC1(C)C(=O)N(c2ccc(C#N)c(C(F)(F)F)c2)C(=S)N1c1ccc(C(=O)NCCCCCNCc2ccc(-c3[nH]c4cc(F)cc5c4c3CCCC5=O)cc2)c(F)c1. The number of benzene rings is 4. The number of rotatable bonds is 12. The molecule has 3 N–H and O–H groups in total. The van der Waals surface area contributed by atoms with Crippen LogP contribution in [0.3, 0.4) is 0 Å². The summed E-state index contributed by atoms with van der Waals surface area (Å²) in [7, 11) is 0. The summed E-state index contributed by atoms with van der Waals surface area (Å²) in [6.45, 7) is 4.70. The van der Waals surface area contributed by atoms with E-state index in [-0.39, 0.29) is 27.8 Å². The number of hydrogen-bond donors (Lipinski definition) is 3. The normalized spacial score (nSPS) is 15.2. The lowest BCUT2D eigenvalue weighted by Crippen LogP contribution is -2.44. The maximum Gasteiger partial charge on any atom is 0.417 e. The van der Waals surface area contributed by atoms with E-state index in [1.807, 2.05) is 24.3 Å². The molecule has 7 rings (SSSR count). The zero-order valence-electron chi connectivity index (χ0n) is 32.2. The second kappa shape index (κ2) is 16.3. The topological polar surface area (TPSA) is 121 Å². The quantitative estimate of drug-likeness (QED) is 0.0652. The lowest BCUT2D eigenvalue weighted by atomic mass is 9.99. The minimum Gasteiger partial charge on any atom is -0.354 e. The van der Waals surface area contributed by atoms with Crippen LogP contribution in [0.5, 0.6) is 0 Å². The summed E-state index contributed by atoms with van der Waals surface area (Å²) in [6, 6.07) is 19.0. The van der Waals surface area contributed by atoms with Gasteiger partial charge in [-0.25, -0.2) is 8.78 Å². The number of halogens is 5. The molecule has 2 aliphatic rings. The largest absolute Gasteiger partial charge is 0.417 e. The number of aromatic amines is 1. The molecule has 0 atom stereocenters. The number of H-pyrrole nitrogens is 1. The first-order valence-corrected chi connectivity index (χ1v) is 19.6. The maximum absolute atomic E-state index is 15.4. The standard InChI is InChI=1S/C44H39F5N6O3S/c1-43(2)41(58)54(29-14-13-27(23-50)34(21-29)44(47,48)49)42(59)55(43)30-15-16-31(35(46)22-30)40(57)52-18-5-3-4-17-51-24-25-9-11-26(12-10-25)39-32-7-6-8-37(56)33-19-28(45)20-36(53-39)38(32)33/h9-16,19-22,51,53H,3-8,17-18,24H2,1-2H3,(H,52,57). The number of anilines is 2. The van der Waals surface area contributed by atoms with Crippen molar-refractivity contribution in [1.82, 2.24) is 15.6 Å². The lowest BCUT2D eigenvalue weighted by Gasteiger charge is -2.29. The zero-order valence-corrected chi connectivity index (χ0v) is 33.0. The zero-order chi connectivity index (χ0) is 42.2. The van der Waals surface area contributed by atoms with Gasteiger partial charge in [-0.2, -0.15) is 18.4 Å². The van der Waals surface area contributed by atoms with Crippen LogP contribution in [-0.4, -0.2) is 46.3 Å². The average molecular weight is 827 g/mol. The molecule has 5 aromatic rings. The fourth-order valence-electron chi connectivity index (χ4n) is 7.80. The molecule has 1 aromatic heterocycles. The van der Waals surface area contributed by atoms with Crippen LogP contribution < -0.4 is 20.4 Å². The number of nitrogens with zero attached hydrogens (tertiary/aromatic N) is 3. The van der Waals surface area contributed by atoms with Crippen LogP contribution in [0.2, 0.25) is 0 Å². The second-order valence-corrected chi connectivity index (χ2v) is 15.5. The van der Waals surface area contributed by atoms with Crippen LogP contribution >= 0.6 is 12.2 Å². The number of carbonyl (C=O) groups excluding carboxylic acids is 3. The average Bonchev–Trinajstić information content (AvgIpc) is 3.56. The first kappa shape index (κ1) is 41.2. The molecule has 2 amide bonds. The van der Waals surface area contributed by atoms with Gasteiger partial charge in [0.25, 0.3) is 11.8 Å². The van der Waals surface area contributed by atoms with Crippen LogP contribution in [0.1, 0.15) is 88.9 Å². The molecule has 0 saturated carbocycles. The number of aryl methyl sites for hydroxylation is 1. The highest BCUT2D eigenvalue weighted by atomic mass is 32.1. The molecule has 0 unspecified atom stereocenters. The third-order valence-corrected chi connectivity index (χ3v) is 11.2. The summed E-state index contributed by atoms with van der Waals surface area (Å²) in [5.41, 5.74) is 1.55. The van der Waals surface area contributed by atoms with E-state index in [1.165, 1.54) is 55.1 Å². The van der Waals surface area contributed by atoms with Gasteiger partial charge in [0.2, 0.25) is 0 Å². The van der Waals surface area contributed by atoms with E-state index in [0.29, 0.717) is 49.5 Å². The number of alkyl halides is 3. The minimum absolute atomic E-state index is 0.0323. The number of unbranched alkanes of at least 4 members (excludes halogenated alkanes) is 2. The summed E-state index contributed by atoms with van der Waals surface area (Å²) in [5.74, 6) is -2.62. The molecule has 59 heavy (non-hydrogen) atoms. The minimum atomic E-state index is -4.86. The predicted octanol–water partition coefficient (Wildman–Crippen LogP) is 9.13. The molecule has 1 fully saturated rings. The Balaban J connectivity index is 0.879. The monoisotopic (exact) mass is 826 g/mol. The van der Waals surface area contributed by atoms with Crippen molar-refractivity contribution in [2.45, 2.75) is 70.6 Å². The Hall–Kier alpha value is -5.98. The van der Waals surface area contributed by atoms with Gasteiger partial charge in [-0.15, -0.1) is 0 Å². The summed E-state index contributed by atoms with van der Waals surface area (Å²) < 4.78 is 70.7. The molecule has 0 radical (unpaired) electrons. The van der Waals surface area contributed by atoms with E-state index in [9.17, 15) is 31.9 Å². The number of carbonyl (C=O) groups is 3. The van der Waals surface area contributed by atoms with Gasteiger partial charge in [0.05, 0.1) is 28.4 Å². The van der Waals surface area contributed by atoms with E-state index >= 15 is 4.39 Å². The van der Waals surface area contributed by atoms with E-state index in [4.69, 9.17) is 17.5 Å². The van der Waals surface area contributed by atoms with Crippen LogP contribution in [0.4, 0.5) is 33.3 Å². The molecule has 4 aromatic carbocycles. The smallest absolute Gasteiger partial charge is 0.354 e. The predicted molar refractivity (Wildman–Crippen MR) is 218 cm³/mol. The molecule has 1 aliphatic heterocycles. The highest BCUT2D eigenvalue weighted by molar-refractivity contribution is 7.81. The van der Waals surface area contributed by atoms with Crippen molar-refractivity contribution in [3.05, 3.63) is 118 Å². The van der Waals surface area contributed by atoms with Gasteiger partial charge in [-0.1, -0.05) is 30.7 Å². The third-order valence-electron chi connectivity index (χ3n) is 10.8. The summed E-state index contributed by atoms with van der Waals surface area (Å²) in [6.07, 6.45) is -0.705. The number of ketones is 1. The first-order valence-electron chi connectivity index (χ1n) is 19.2. The Morgan fingerprint density at radius 1 is 0.932 bits per heavy atom. The van der Waals surface area contributed by atoms with Crippen molar-refractivity contribution in [3.63, 3.8) is 0 Å². The molecule has 304 valence electrons. The van der Waals surface area contributed by atoms with Gasteiger partial charge in [-0.3, -0.25) is 19.3 Å². The number of amides is 2. The number of thiocarbonyl (C=S) groups is 1. The van der Waals surface area contributed by atoms with Crippen LogP contribution in [0.15, 0.2) is 72.8 Å². The van der Waals surface area contributed by atoms with Crippen molar-refractivity contribution in [3.8, 4) is 17.3 Å². The Morgan fingerprint density at radius 3 is 2.37 bits per heavy atom. The van der Waals surface area contributed by atoms with Gasteiger partial charge >= 0.3 is 6.18 Å². The van der Waals surface area contributed by atoms with Crippen molar-refractivity contribution in [2.75, 3.05) is 22.9 Å². The molecule has 0 bridgehead atoms. The molecular formula is C44H39F5N6O3S. The maximum atomic E-state index is 15.4. The van der Waals surface area contributed by atoms with E-state index in [2.05, 4.69) is 15.6 Å². The van der Waals surface area contributed by atoms with Gasteiger partial charge in [0, 0.05) is 47.4 Å².